The first kappa shape index (κ1) is 19.5. The first-order valence-electron chi connectivity index (χ1n) is 10.3. The van der Waals surface area contributed by atoms with E-state index in [1.165, 1.54) is 6.20 Å². The standard InChI is InChI=1S/C21H21N5O5/c22-11-16-15-10-18(30-17(15)1-5-23-16)20-24-19(25-31-20)9-13-2-6-26(7-3-13)21(27)29-14-4-8-28-12-14/h1,5,10,13-14H,2-4,6-9,12H2. The number of furan rings is 1. The van der Waals surface area contributed by atoms with Gasteiger partial charge in [0.1, 0.15) is 17.8 Å². The predicted octanol–water partition coefficient (Wildman–Crippen LogP) is 2.93. The minimum atomic E-state index is -0.257. The quantitative estimate of drug-likeness (QED) is 0.622. The Morgan fingerprint density at radius 1 is 1.32 bits per heavy atom. The summed E-state index contributed by atoms with van der Waals surface area (Å²) in [5, 5.41) is 13.9. The van der Waals surface area contributed by atoms with Crippen molar-refractivity contribution >= 4 is 17.1 Å². The number of likely N-dealkylation sites (tertiary alicyclic amines) is 1. The molecule has 0 aromatic carbocycles. The second-order valence-electron chi connectivity index (χ2n) is 7.81. The monoisotopic (exact) mass is 423 g/mol. The third-order valence-electron chi connectivity index (χ3n) is 5.73. The molecule has 2 aliphatic rings. The van der Waals surface area contributed by atoms with E-state index in [1.807, 2.05) is 6.07 Å². The van der Waals surface area contributed by atoms with Crippen molar-refractivity contribution in [2.24, 2.45) is 5.92 Å². The summed E-state index contributed by atoms with van der Waals surface area (Å²) in [4.78, 5) is 22.5. The van der Waals surface area contributed by atoms with Crippen LogP contribution < -0.4 is 0 Å². The Hall–Kier alpha value is -3.45. The maximum absolute atomic E-state index is 12.3. The van der Waals surface area contributed by atoms with Crippen molar-refractivity contribution in [1.82, 2.24) is 20.0 Å². The second kappa shape index (κ2) is 8.35. The van der Waals surface area contributed by atoms with E-state index in [9.17, 15) is 10.1 Å². The number of nitrogens with zero attached hydrogens (tertiary/aromatic N) is 5. The molecule has 5 heterocycles. The van der Waals surface area contributed by atoms with Gasteiger partial charge in [0.05, 0.1) is 18.6 Å². The van der Waals surface area contributed by atoms with Gasteiger partial charge in [0, 0.05) is 38.2 Å². The molecule has 10 nitrogen and oxygen atoms in total. The van der Waals surface area contributed by atoms with Crippen LogP contribution >= 0.6 is 0 Å². The van der Waals surface area contributed by atoms with Crippen LogP contribution in [0.15, 0.2) is 27.3 Å². The van der Waals surface area contributed by atoms with Gasteiger partial charge in [-0.15, -0.1) is 0 Å². The number of piperidine rings is 1. The van der Waals surface area contributed by atoms with E-state index in [0.717, 1.165) is 19.3 Å². The van der Waals surface area contributed by atoms with E-state index < -0.39 is 0 Å². The number of aromatic nitrogens is 3. The Labute approximate surface area is 177 Å². The molecular weight excluding hydrogens is 402 g/mol. The number of amides is 1. The molecule has 2 saturated heterocycles. The van der Waals surface area contributed by atoms with Crippen LogP contribution in [0.1, 0.15) is 30.8 Å². The van der Waals surface area contributed by atoms with Crippen LogP contribution in [0.3, 0.4) is 0 Å². The van der Waals surface area contributed by atoms with Crippen molar-refractivity contribution < 1.29 is 23.2 Å². The van der Waals surface area contributed by atoms with Crippen molar-refractivity contribution in [3.63, 3.8) is 0 Å². The number of carbonyl (C=O) groups is 1. The number of fused-ring (bicyclic) bond motifs is 1. The molecular formula is C21H21N5O5. The average molecular weight is 423 g/mol. The highest BCUT2D eigenvalue weighted by Crippen LogP contribution is 2.29. The van der Waals surface area contributed by atoms with E-state index >= 15 is 0 Å². The molecule has 0 spiro atoms. The van der Waals surface area contributed by atoms with Crippen LogP contribution in [-0.4, -0.2) is 58.5 Å². The fourth-order valence-electron chi connectivity index (χ4n) is 4.00. The highest BCUT2D eigenvalue weighted by atomic mass is 16.6. The topological polar surface area (TPSA) is 128 Å². The molecule has 10 heteroatoms. The Kier molecular flexibility index (Phi) is 5.26. The highest BCUT2D eigenvalue weighted by molar-refractivity contribution is 5.85. The zero-order valence-corrected chi connectivity index (χ0v) is 16.8. The summed E-state index contributed by atoms with van der Waals surface area (Å²) >= 11 is 0. The lowest BCUT2D eigenvalue weighted by Gasteiger charge is -2.31. The maximum Gasteiger partial charge on any atom is 0.410 e. The fraction of sp³-hybridized carbons (Fsp3) is 0.476. The Morgan fingerprint density at radius 2 is 2.19 bits per heavy atom. The summed E-state index contributed by atoms with van der Waals surface area (Å²) < 4.78 is 21.8. The molecule has 3 aromatic heterocycles. The SMILES string of the molecule is N#Cc1nccc2oc(-c3nc(CC4CCN(C(=O)OC5CCOC5)CC4)no3)cc12. The second-order valence-corrected chi connectivity index (χ2v) is 7.81. The van der Waals surface area contributed by atoms with Crippen molar-refractivity contribution in [2.75, 3.05) is 26.3 Å². The number of pyridine rings is 1. The smallest absolute Gasteiger partial charge is 0.410 e. The summed E-state index contributed by atoms with van der Waals surface area (Å²) in [5.41, 5.74) is 0.836. The number of hydrogen-bond acceptors (Lipinski definition) is 9. The number of hydrogen-bond donors (Lipinski definition) is 0. The summed E-state index contributed by atoms with van der Waals surface area (Å²) in [6.45, 7) is 2.43. The van der Waals surface area contributed by atoms with Gasteiger partial charge in [-0.2, -0.15) is 10.2 Å². The van der Waals surface area contributed by atoms with Gasteiger partial charge >= 0.3 is 6.09 Å². The van der Waals surface area contributed by atoms with E-state index in [2.05, 4.69) is 15.1 Å². The summed E-state index contributed by atoms with van der Waals surface area (Å²) in [5.74, 6) is 1.63. The number of nitriles is 1. The number of rotatable bonds is 4. The van der Waals surface area contributed by atoms with E-state index in [0.29, 0.717) is 61.2 Å². The molecule has 2 aliphatic heterocycles. The Balaban J connectivity index is 1.18. The lowest BCUT2D eigenvalue weighted by molar-refractivity contribution is 0.0462. The van der Waals surface area contributed by atoms with E-state index in [4.69, 9.17) is 18.4 Å². The van der Waals surface area contributed by atoms with Crippen LogP contribution in [-0.2, 0) is 15.9 Å². The van der Waals surface area contributed by atoms with Crippen molar-refractivity contribution in [3.05, 3.63) is 29.8 Å². The molecule has 3 aromatic rings. The molecule has 0 radical (unpaired) electrons. The van der Waals surface area contributed by atoms with Crippen molar-refractivity contribution in [1.29, 1.82) is 5.26 Å². The third-order valence-corrected chi connectivity index (χ3v) is 5.73. The van der Waals surface area contributed by atoms with E-state index in [-0.39, 0.29) is 23.8 Å². The molecule has 0 N–H and O–H groups in total. The van der Waals surface area contributed by atoms with Gasteiger partial charge in [0.25, 0.3) is 5.89 Å². The molecule has 1 amide bonds. The molecule has 2 fully saturated rings. The predicted molar refractivity (Wildman–Crippen MR) is 106 cm³/mol. The molecule has 1 atom stereocenters. The lowest BCUT2D eigenvalue weighted by atomic mass is 9.93. The Morgan fingerprint density at radius 3 is 2.97 bits per heavy atom. The first-order chi connectivity index (χ1) is 15.2. The molecule has 1 unspecified atom stereocenters. The zero-order chi connectivity index (χ0) is 21.2. The summed E-state index contributed by atoms with van der Waals surface area (Å²) in [6.07, 6.45) is 4.27. The highest BCUT2D eigenvalue weighted by Gasteiger charge is 2.28. The van der Waals surface area contributed by atoms with Crippen LogP contribution in [0.25, 0.3) is 22.6 Å². The Bertz CT molecular complexity index is 1120. The van der Waals surface area contributed by atoms with Gasteiger partial charge in [-0.3, -0.25) is 0 Å². The molecule has 160 valence electrons. The molecule has 0 aliphatic carbocycles. The van der Waals surface area contributed by atoms with Gasteiger partial charge in [-0.1, -0.05) is 5.16 Å². The zero-order valence-electron chi connectivity index (χ0n) is 16.8. The van der Waals surface area contributed by atoms with Gasteiger partial charge < -0.3 is 23.3 Å². The van der Waals surface area contributed by atoms with Crippen molar-refractivity contribution in [3.8, 4) is 17.7 Å². The molecule has 0 saturated carbocycles. The minimum Gasteiger partial charge on any atom is -0.451 e. The number of carbonyl (C=O) groups excluding carboxylic acids is 1. The van der Waals surface area contributed by atoms with Crippen LogP contribution in [0.2, 0.25) is 0 Å². The summed E-state index contributed by atoms with van der Waals surface area (Å²) in [7, 11) is 0. The lowest BCUT2D eigenvalue weighted by Crippen LogP contribution is -2.40. The van der Waals surface area contributed by atoms with Crippen LogP contribution in [0, 0.1) is 17.2 Å². The van der Waals surface area contributed by atoms with Crippen LogP contribution in [0.4, 0.5) is 4.79 Å². The van der Waals surface area contributed by atoms with Gasteiger partial charge in [0.15, 0.2) is 17.3 Å². The van der Waals surface area contributed by atoms with Gasteiger partial charge in [-0.25, -0.2) is 9.78 Å². The molecule has 31 heavy (non-hydrogen) atoms. The van der Waals surface area contributed by atoms with Gasteiger partial charge in [-0.05, 0) is 24.8 Å². The van der Waals surface area contributed by atoms with Crippen molar-refractivity contribution in [2.45, 2.75) is 31.8 Å². The molecule has 0 bridgehead atoms. The molecule has 5 rings (SSSR count). The van der Waals surface area contributed by atoms with Gasteiger partial charge in [0.2, 0.25) is 0 Å². The summed E-state index contributed by atoms with van der Waals surface area (Å²) in [6, 6.07) is 5.43. The van der Waals surface area contributed by atoms with E-state index in [1.54, 1.807) is 17.0 Å². The average Bonchev–Trinajstić information content (AvgIpc) is 3.54. The first-order valence-corrected chi connectivity index (χ1v) is 10.3. The van der Waals surface area contributed by atoms with Crippen LogP contribution in [0.5, 0.6) is 0 Å². The maximum atomic E-state index is 12.3. The normalized spacial score (nSPS) is 19.6. The minimum absolute atomic E-state index is 0.124. The largest absolute Gasteiger partial charge is 0.451 e. The fourth-order valence-corrected chi connectivity index (χ4v) is 4.00. The number of ether oxygens (including phenoxy) is 2. The third kappa shape index (κ3) is 4.09.